The van der Waals surface area contributed by atoms with Crippen LogP contribution in [-0.4, -0.2) is 41.2 Å². The van der Waals surface area contributed by atoms with Crippen molar-refractivity contribution in [3.63, 3.8) is 0 Å². The number of hydrogen-bond acceptors (Lipinski definition) is 5. The van der Waals surface area contributed by atoms with Crippen molar-refractivity contribution in [1.82, 2.24) is 10.2 Å². The summed E-state index contributed by atoms with van der Waals surface area (Å²) in [6.45, 7) is 6.91. The van der Waals surface area contributed by atoms with Gasteiger partial charge in [-0.25, -0.2) is 4.79 Å². The van der Waals surface area contributed by atoms with Crippen LogP contribution < -0.4 is 5.32 Å². The topological polar surface area (TPSA) is 84.7 Å². The van der Waals surface area contributed by atoms with E-state index in [1.165, 1.54) is 18.2 Å². The second-order valence-electron chi connectivity index (χ2n) is 6.36. The smallest absolute Gasteiger partial charge is 0.410 e. The predicted molar refractivity (Wildman–Crippen MR) is 86.7 cm³/mol. The van der Waals surface area contributed by atoms with E-state index in [4.69, 9.17) is 16.3 Å². The summed E-state index contributed by atoms with van der Waals surface area (Å²) < 4.78 is 5.43. The molecule has 8 heteroatoms. The highest BCUT2D eigenvalue weighted by Crippen LogP contribution is 2.32. The number of nitrogens with one attached hydrogen (secondary N) is 1. The van der Waals surface area contributed by atoms with Crippen LogP contribution in [0.1, 0.15) is 32.4 Å². The van der Waals surface area contributed by atoms with Crippen LogP contribution in [-0.2, 0) is 4.74 Å². The first kappa shape index (κ1) is 17.5. The van der Waals surface area contributed by atoms with Gasteiger partial charge in [0.2, 0.25) is 0 Å². The highest BCUT2D eigenvalue weighted by atomic mass is 35.5. The van der Waals surface area contributed by atoms with Crippen molar-refractivity contribution in [3.05, 3.63) is 38.9 Å². The summed E-state index contributed by atoms with van der Waals surface area (Å²) in [5, 5.41) is 14.6. The molecule has 0 aromatic heterocycles. The Morgan fingerprint density at radius 1 is 1.48 bits per heavy atom. The van der Waals surface area contributed by atoms with Crippen LogP contribution in [0.2, 0.25) is 5.02 Å². The molecule has 126 valence electrons. The number of nitro benzene ring substituents is 1. The van der Waals surface area contributed by atoms with Gasteiger partial charge in [0.25, 0.3) is 5.69 Å². The van der Waals surface area contributed by atoms with E-state index in [2.05, 4.69) is 5.32 Å². The zero-order valence-electron chi connectivity index (χ0n) is 13.3. The summed E-state index contributed by atoms with van der Waals surface area (Å²) in [6.07, 6.45) is -0.452. The number of ether oxygens (including phenoxy) is 1. The minimum absolute atomic E-state index is 0.0564. The van der Waals surface area contributed by atoms with Gasteiger partial charge in [-0.2, -0.15) is 0 Å². The van der Waals surface area contributed by atoms with E-state index >= 15 is 0 Å². The van der Waals surface area contributed by atoms with Gasteiger partial charge in [0.05, 0.1) is 11.0 Å². The van der Waals surface area contributed by atoms with Crippen molar-refractivity contribution in [2.45, 2.75) is 32.4 Å². The van der Waals surface area contributed by atoms with Gasteiger partial charge in [0.15, 0.2) is 0 Å². The van der Waals surface area contributed by atoms with Gasteiger partial charge in [-0.05, 0) is 26.8 Å². The molecule has 1 fully saturated rings. The SMILES string of the molecule is CC(C)(C)OC(=O)N1CCNCC1c1cc([N+](=O)[O-])ccc1Cl. The Bertz CT molecular complexity index is 615. The molecule has 1 saturated heterocycles. The van der Waals surface area contributed by atoms with Crippen molar-refractivity contribution in [2.75, 3.05) is 19.6 Å². The van der Waals surface area contributed by atoms with Crippen LogP contribution in [0, 0.1) is 10.1 Å². The van der Waals surface area contributed by atoms with Crippen molar-refractivity contribution < 1.29 is 14.5 Å². The van der Waals surface area contributed by atoms with E-state index in [1.54, 1.807) is 25.7 Å². The van der Waals surface area contributed by atoms with Gasteiger partial charge in [-0.3, -0.25) is 15.0 Å². The molecule has 0 radical (unpaired) electrons. The van der Waals surface area contributed by atoms with Gasteiger partial charge in [-0.15, -0.1) is 0 Å². The highest BCUT2D eigenvalue weighted by Gasteiger charge is 2.33. The molecule has 1 aromatic rings. The molecule has 0 saturated carbocycles. The number of halogens is 1. The van der Waals surface area contributed by atoms with Crippen LogP contribution in [0.25, 0.3) is 0 Å². The molecule has 1 aliphatic rings. The summed E-state index contributed by atoms with van der Waals surface area (Å²) in [5.74, 6) is 0. The maximum atomic E-state index is 12.4. The Hall–Kier alpha value is -1.86. The minimum Gasteiger partial charge on any atom is -0.444 e. The molecule has 1 unspecified atom stereocenters. The molecule has 1 amide bonds. The number of nitro groups is 1. The monoisotopic (exact) mass is 341 g/mol. The number of nitrogens with zero attached hydrogens (tertiary/aromatic N) is 2. The number of rotatable bonds is 2. The lowest BCUT2D eigenvalue weighted by Gasteiger charge is -2.37. The standard InChI is InChI=1S/C15H20ClN3O4/c1-15(2,3)23-14(20)18-7-6-17-9-13(18)11-8-10(19(21)22)4-5-12(11)16/h4-5,8,13,17H,6-7,9H2,1-3H3. The van der Waals surface area contributed by atoms with E-state index in [9.17, 15) is 14.9 Å². The van der Waals surface area contributed by atoms with E-state index in [0.29, 0.717) is 30.2 Å². The Balaban J connectivity index is 2.33. The maximum absolute atomic E-state index is 12.4. The summed E-state index contributed by atoms with van der Waals surface area (Å²) in [4.78, 5) is 24.5. The molecule has 0 bridgehead atoms. The predicted octanol–water partition coefficient (Wildman–Crippen LogP) is 3.13. The first-order valence-electron chi connectivity index (χ1n) is 7.33. The third-order valence-corrected chi connectivity index (χ3v) is 3.77. The van der Waals surface area contributed by atoms with Crippen LogP contribution in [0.15, 0.2) is 18.2 Å². The second kappa shape index (κ2) is 6.72. The highest BCUT2D eigenvalue weighted by molar-refractivity contribution is 6.31. The first-order valence-corrected chi connectivity index (χ1v) is 7.71. The lowest BCUT2D eigenvalue weighted by Crippen LogP contribution is -2.50. The molecule has 1 atom stereocenters. The Labute approximate surface area is 139 Å². The van der Waals surface area contributed by atoms with Crippen molar-refractivity contribution >= 4 is 23.4 Å². The summed E-state index contributed by atoms with van der Waals surface area (Å²) in [5.41, 5.74) is -0.128. The molecule has 1 aliphatic heterocycles. The van der Waals surface area contributed by atoms with Crippen LogP contribution in [0.5, 0.6) is 0 Å². The van der Waals surface area contributed by atoms with Crippen molar-refractivity contribution in [2.24, 2.45) is 0 Å². The lowest BCUT2D eigenvalue weighted by atomic mass is 10.0. The Morgan fingerprint density at radius 3 is 2.78 bits per heavy atom. The molecular formula is C15H20ClN3O4. The fourth-order valence-corrected chi connectivity index (χ4v) is 2.66. The summed E-state index contributed by atoms with van der Waals surface area (Å²) >= 11 is 6.21. The number of carbonyl (C=O) groups is 1. The molecule has 1 heterocycles. The lowest BCUT2D eigenvalue weighted by molar-refractivity contribution is -0.385. The van der Waals surface area contributed by atoms with Gasteiger partial charge >= 0.3 is 6.09 Å². The fourth-order valence-electron chi connectivity index (χ4n) is 2.42. The number of benzene rings is 1. The average molecular weight is 342 g/mol. The largest absolute Gasteiger partial charge is 0.444 e. The maximum Gasteiger partial charge on any atom is 0.410 e. The number of piperazine rings is 1. The van der Waals surface area contributed by atoms with E-state index < -0.39 is 22.7 Å². The Morgan fingerprint density at radius 2 is 2.17 bits per heavy atom. The third kappa shape index (κ3) is 4.33. The number of carbonyl (C=O) groups excluding carboxylic acids is 1. The first-order chi connectivity index (χ1) is 10.7. The summed E-state index contributed by atoms with van der Waals surface area (Å²) in [7, 11) is 0. The molecule has 7 nitrogen and oxygen atoms in total. The van der Waals surface area contributed by atoms with E-state index in [0.717, 1.165) is 0 Å². The molecular weight excluding hydrogens is 322 g/mol. The number of hydrogen-bond donors (Lipinski definition) is 1. The fraction of sp³-hybridized carbons (Fsp3) is 0.533. The molecule has 1 N–H and O–H groups in total. The van der Waals surface area contributed by atoms with Crippen molar-refractivity contribution in [3.8, 4) is 0 Å². The van der Waals surface area contributed by atoms with Gasteiger partial charge in [0.1, 0.15) is 5.60 Å². The van der Waals surface area contributed by atoms with Crippen LogP contribution in [0.3, 0.4) is 0 Å². The third-order valence-electron chi connectivity index (χ3n) is 3.42. The molecule has 23 heavy (non-hydrogen) atoms. The Kier molecular flexibility index (Phi) is 5.11. The van der Waals surface area contributed by atoms with Gasteiger partial charge < -0.3 is 10.1 Å². The van der Waals surface area contributed by atoms with E-state index in [1.807, 2.05) is 0 Å². The molecule has 2 rings (SSSR count). The van der Waals surface area contributed by atoms with Crippen molar-refractivity contribution in [1.29, 1.82) is 0 Å². The zero-order valence-corrected chi connectivity index (χ0v) is 14.1. The van der Waals surface area contributed by atoms with Gasteiger partial charge in [0, 0.05) is 42.4 Å². The minimum atomic E-state index is -0.612. The van der Waals surface area contributed by atoms with Crippen LogP contribution in [0.4, 0.5) is 10.5 Å². The van der Waals surface area contributed by atoms with Crippen LogP contribution >= 0.6 is 11.6 Å². The molecule has 0 aliphatic carbocycles. The van der Waals surface area contributed by atoms with E-state index in [-0.39, 0.29) is 5.69 Å². The number of non-ortho nitro benzene ring substituents is 1. The quantitative estimate of drug-likeness (QED) is 0.660. The molecule has 0 spiro atoms. The zero-order chi connectivity index (χ0) is 17.2. The molecule has 1 aromatic carbocycles. The second-order valence-corrected chi connectivity index (χ2v) is 6.76. The average Bonchev–Trinajstić information content (AvgIpc) is 2.45. The number of amides is 1. The summed E-state index contributed by atoms with van der Waals surface area (Å²) in [6, 6.07) is 3.83. The normalized spacial score (nSPS) is 18.6. The van der Waals surface area contributed by atoms with Gasteiger partial charge in [-0.1, -0.05) is 11.6 Å².